The van der Waals surface area contributed by atoms with Crippen molar-refractivity contribution in [3.8, 4) is 21.3 Å². The predicted octanol–water partition coefficient (Wildman–Crippen LogP) is 5.27. The molecule has 0 N–H and O–H groups in total. The molecule has 4 aromatic rings. The van der Waals surface area contributed by atoms with Gasteiger partial charge in [-0.2, -0.15) is 0 Å². The molecule has 0 amide bonds. The van der Waals surface area contributed by atoms with E-state index in [9.17, 15) is 0 Å². The first-order valence-electron chi connectivity index (χ1n) is 7.79. The van der Waals surface area contributed by atoms with Crippen molar-refractivity contribution in [3.63, 3.8) is 0 Å². The molecule has 0 saturated carbocycles. The SMILES string of the molecule is Cc1ccccc1-c1nc(CSc2nnc(-c3cccs3)n2C)cs1. The number of hydrogen-bond acceptors (Lipinski definition) is 6. The average Bonchev–Trinajstić information content (AvgIpc) is 3.34. The summed E-state index contributed by atoms with van der Waals surface area (Å²) in [5.74, 6) is 1.70. The third-order valence-electron chi connectivity index (χ3n) is 3.85. The third kappa shape index (κ3) is 3.40. The van der Waals surface area contributed by atoms with Gasteiger partial charge in [0.05, 0.1) is 10.6 Å². The molecule has 0 bridgehead atoms. The fourth-order valence-corrected chi connectivity index (χ4v) is 5.07. The minimum atomic E-state index is 0.790. The summed E-state index contributed by atoms with van der Waals surface area (Å²) in [4.78, 5) is 5.92. The fourth-order valence-electron chi connectivity index (χ4n) is 2.51. The third-order valence-corrected chi connectivity index (χ3v) is 6.70. The first-order chi connectivity index (χ1) is 12.2. The van der Waals surface area contributed by atoms with Crippen molar-refractivity contribution in [2.45, 2.75) is 17.8 Å². The summed E-state index contributed by atoms with van der Waals surface area (Å²) in [6.07, 6.45) is 0. The normalized spacial score (nSPS) is 11.1. The van der Waals surface area contributed by atoms with Crippen molar-refractivity contribution < 1.29 is 0 Å². The second kappa shape index (κ2) is 7.11. The monoisotopic (exact) mass is 384 g/mol. The maximum atomic E-state index is 4.79. The Bertz CT molecular complexity index is 986. The van der Waals surface area contributed by atoms with E-state index in [4.69, 9.17) is 4.98 Å². The molecule has 0 aliphatic heterocycles. The van der Waals surface area contributed by atoms with Crippen molar-refractivity contribution >= 4 is 34.4 Å². The summed E-state index contributed by atoms with van der Waals surface area (Å²) in [6.45, 7) is 2.12. The molecule has 4 rings (SSSR count). The predicted molar refractivity (Wildman–Crippen MR) is 106 cm³/mol. The van der Waals surface area contributed by atoms with Crippen molar-refractivity contribution in [3.05, 3.63) is 58.4 Å². The Morgan fingerprint density at radius 2 is 1.96 bits per heavy atom. The van der Waals surface area contributed by atoms with Gasteiger partial charge in [-0.05, 0) is 23.9 Å². The molecule has 0 aliphatic rings. The molecule has 25 heavy (non-hydrogen) atoms. The van der Waals surface area contributed by atoms with Crippen LogP contribution in [0.2, 0.25) is 0 Å². The Labute approximate surface area is 158 Å². The van der Waals surface area contributed by atoms with E-state index in [1.54, 1.807) is 34.4 Å². The summed E-state index contributed by atoms with van der Waals surface area (Å²) in [5.41, 5.74) is 3.54. The standard InChI is InChI=1S/C18H16N4S3/c1-12-6-3-4-7-14(12)17-19-13(10-24-17)11-25-18-21-20-16(22(18)2)15-8-5-9-23-15/h3-10H,11H2,1-2H3. The molecule has 0 saturated heterocycles. The van der Waals surface area contributed by atoms with E-state index < -0.39 is 0 Å². The first kappa shape index (κ1) is 16.5. The highest BCUT2D eigenvalue weighted by molar-refractivity contribution is 7.98. The molecule has 0 radical (unpaired) electrons. The molecule has 0 spiro atoms. The van der Waals surface area contributed by atoms with Gasteiger partial charge in [-0.15, -0.1) is 32.9 Å². The first-order valence-corrected chi connectivity index (χ1v) is 10.5. The number of benzene rings is 1. The van der Waals surface area contributed by atoms with E-state index in [2.05, 4.69) is 58.2 Å². The number of aryl methyl sites for hydroxylation is 1. The number of aromatic nitrogens is 4. The number of thiazole rings is 1. The van der Waals surface area contributed by atoms with Crippen LogP contribution in [0.4, 0.5) is 0 Å². The van der Waals surface area contributed by atoms with Gasteiger partial charge in [-0.3, -0.25) is 0 Å². The smallest absolute Gasteiger partial charge is 0.191 e. The number of thiophene rings is 1. The van der Waals surface area contributed by atoms with Crippen LogP contribution in [-0.2, 0) is 12.8 Å². The van der Waals surface area contributed by atoms with Gasteiger partial charge in [0, 0.05) is 23.7 Å². The van der Waals surface area contributed by atoms with Crippen LogP contribution in [0.1, 0.15) is 11.3 Å². The molecule has 126 valence electrons. The lowest BCUT2D eigenvalue weighted by Gasteiger charge is -2.02. The molecule has 1 aromatic carbocycles. The van der Waals surface area contributed by atoms with Crippen molar-refractivity contribution in [2.75, 3.05) is 0 Å². The van der Waals surface area contributed by atoms with Crippen molar-refractivity contribution in [1.29, 1.82) is 0 Å². The van der Waals surface area contributed by atoms with Gasteiger partial charge in [0.15, 0.2) is 11.0 Å². The van der Waals surface area contributed by atoms with Crippen LogP contribution in [0.5, 0.6) is 0 Å². The molecule has 0 atom stereocenters. The summed E-state index contributed by atoms with van der Waals surface area (Å²) >= 11 is 5.04. The average molecular weight is 385 g/mol. The van der Waals surface area contributed by atoms with Crippen LogP contribution in [0.25, 0.3) is 21.3 Å². The quantitative estimate of drug-likeness (QED) is 0.440. The van der Waals surface area contributed by atoms with Gasteiger partial charge in [0.25, 0.3) is 0 Å². The highest BCUT2D eigenvalue weighted by Gasteiger charge is 2.13. The highest BCUT2D eigenvalue weighted by Crippen LogP contribution is 2.30. The summed E-state index contributed by atoms with van der Waals surface area (Å²) in [7, 11) is 2.01. The number of hydrogen-bond donors (Lipinski definition) is 0. The Kier molecular flexibility index (Phi) is 4.70. The van der Waals surface area contributed by atoms with Crippen LogP contribution in [0, 0.1) is 6.92 Å². The molecule has 0 unspecified atom stereocenters. The fraction of sp³-hybridized carbons (Fsp3) is 0.167. The Hall–Kier alpha value is -1.96. The molecule has 4 nitrogen and oxygen atoms in total. The zero-order valence-corrected chi connectivity index (χ0v) is 16.3. The van der Waals surface area contributed by atoms with Gasteiger partial charge < -0.3 is 4.57 Å². The molecule has 0 aliphatic carbocycles. The van der Waals surface area contributed by atoms with Crippen molar-refractivity contribution in [1.82, 2.24) is 19.7 Å². The molecular weight excluding hydrogens is 368 g/mol. The summed E-state index contributed by atoms with van der Waals surface area (Å²) in [5, 5.41) is 14.8. The van der Waals surface area contributed by atoms with Gasteiger partial charge >= 0.3 is 0 Å². The topological polar surface area (TPSA) is 43.6 Å². The highest BCUT2D eigenvalue weighted by atomic mass is 32.2. The molecule has 7 heteroatoms. The Morgan fingerprint density at radius 1 is 1.08 bits per heavy atom. The minimum Gasteiger partial charge on any atom is -0.304 e. The zero-order chi connectivity index (χ0) is 17.2. The van der Waals surface area contributed by atoms with Gasteiger partial charge in [-0.25, -0.2) is 4.98 Å². The van der Waals surface area contributed by atoms with Crippen LogP contribution in [0.3, 0.4) is 0 Å². The second-order valence-electron chi connectivity index (χ2n) is 5.59. The van der Waals surface area contributed by atoms with E-state index in [-0.39, 0.29) is 0 Å². The molecule has 3 heterocycles. The van der Waals surface area contributed by atoms with Crippen molar-refractivity contribution in [2.24, 2.45) is 7.05 Å². The van der Waals surface area contributed by atoms with E-state index in [0.717, 1.165) is 32.3 Å². The van der Waals surface area contributed by atoms with E-state index in [0.29, 0.717) is 0 Å². The van der Waals surface area contributed by atoms with E-state index >= 15 is 0 Å². The lowest BCUT2D eigenvalue weighted by atomic mass is 10.1. The Balaban J connectivity index is 1.49. The second-order valence-corrected chi connectivity index (χ2v) is 8.34. The maximum absolute atomic E-state index is 4.79. The zero-order valence-electron chi connectivity index (χ0n) is 13.8. The van der Waals surface area contributed by atoms with Gasteiger partial charge in [-0.1, -0.05) is 42.1 Å². The number of nitrogens with zero attached hydrogens (tertiary/aromatic N) is 4. The van der Waals surface area contributed by atoms with Gasteiger partial charge in [0.1, 0.15) is 5.01 Å². The van der Waals surface area contributed by atoms with Crippen LogP contribution in [0.15, 0.2) is 52.3 Å². The van der Waals surface area contributed by atoms with Crippen LogP contribution >= 0.6 is 34.4 Å². The molecular formula is C18H16N4S3. The largest absolute Gasteiger partial charge is 0.304 e. The van der Waals surface area contributed by atoms with Crippen LogP contribution in [-0.4, -0.2) is 19.7 Å². The van der Waals surface area contributed by atoms with Gasteiger partial charge in [0.2, 0.25) is 0 Å². The van der Waals surface area contributed by atoms with Crippen LogP contribution < -0.4 is 0 Å². The molecule has 3 aromatic heterocycles. The minimum absolute atomic E-state index is 0.790. The van der Waals surface area contributed by atoms with E-state index in [1.807, 2.05) is 17.7 Å². The molecule has 0 fully saturated rings. The maximum Gasteiger partial charge on any atom is 0.191 e. The summed E-state index contributed by atoms with van der Waals surface area (Å²) < 4.78 is 2.05. The lowest BCUT2D eigenvalue weighted by Crippen LogP contribution is -1.94. The summed E-state index contributed by atoms with van der Waals surface area (Å²) in [6, 6.07) is 12.5. The lowest BCUT2D eigenvalue weighted by molar-refractivity contribution is 0.794. The van der Waals surface area contributed by atoms with E-state index in [1.165, 1.54) is 11.1 Å². The number of thioether (sulfide) groups is 1. The Morgan fingerprint density at radius 3 is 2.76 bits per heavy atom. The number of rotatable bonds is 5.